The summed E-state index contributed by atoms with van der Waals surface area (Å²) in [7, 11) is 1.84. The van der Waals surface area contributed by atoms with E-state index in [0.717, 1.165) is 59.4 Å². The molecule has 0 saturated carbocycles. The van der Waals surface area contributed by atoms with Crippen LogP contribution in [0.4, 0.5) is 18.9 Å². The van der Waals surface area contributed by atoms with Gasteiger partial charge in [-0.25, -0.2) is 19.1 Å². The number of fused-ring (bicyclic) bond motifs is 1. The lowest BCUT2D eigenvalue weighted by molar-refractivity contribution is -0.192. The lowest BCUT2D eigenvalue weighted by Crippen LogP contribution is -2.51. The molecule has 0 amide bonds. The van der Waals surface area contributed by atoms with Gasteiger partial charge in [-0.15, -0.1) is 0 Å². The maximum Gasteiger partial charge on any atom is 0.490 e. The fourth-order valence-corrected chi connectivity index (χ4v) is 6.11. The van der Waals surface area contributed by atoms with Crippen LogP contribution < -0.4 is 4.90 Å². The van der Waals surface area contributed by atoms with Gasteiger partial charge in [0, 0.05) is 50.1 Å². The molecule has 14 heteroatoms. The molecule has 0 spiro atoms. The number of esters is 1. The molecule has 1 fully saturated rings. The van der Waals surface area contributed by atoms with Crippen molar-refractivity contribution in [3.05, 3.63) is 60.3 Å². The van der Waals surface area contributed by atoms with Crippen molar-refractivity contribution in [1.82, 2.24) is 19.5 Å². The summed E-state index contributed by atoms with van der Waals surface area (Å²) in [5.74, 6) is -3.07. The maximum atomic E-state index is 11.9. The van der Waals surface area contributed by atoms with Gasteiger partial charge in [0.1, 0.15) is 11.2 Å². The minimum atomic E-state index is -5.08. The number of alkyl halides is 3. The smallest absolute Gasteiger partial charge is 0.475 e. The number of hydrogen-bond donors (Lipinski definition) is 1. The number of halogens is 3. The van der Waals surface area contributed by atoms with Crippen molar-refractivity contribution in [2.45, 2.75) is 58.4 Å². The normalized spacial score (nSPS) is 14.5. The second-order valence-corrected chi connectivity index (χ2v) is 11.9. The Morgan fingerprint density at radius 2 is 1.60 bits per heavy atom. The molecule has 5 rings (SSSR count). The number of anilines is 1. The lowest BCUT2D eigenvalue weighted by atomic mass is 10.1. The molecule has 1 atom stereocenters. The molecule has 2 aromatic carbocycles. The van der Waals surface area contributed by atoms with Gasteiger partial charge < -0.3 is 19.5 Å². The highest BCUT2D eigenvalue weighted by molar-refractivity contribution is 7.19. The fraction of sp³-hybridized carbons (Fsp3) is 0.455. The quantitative estimate of drug-likeness (QED) is 0.125. The van der Waals surface area contributed by atoms with E-state index >= 15 is 0 Å². The van der Waals surface area contributed by atoms with Crippen molar-refractivity contribution in [3.8, 4) is 21.8 Å². The van der Waals surface area contributed by atoms with E-state index in [2.05, 4.69) is 41.0 Å². The summed E-state index contributed by atoms with van der Waals surface area (Å²) in [6.45, 7) is 8.46. The summed E-state index contributed by atoms with van der Waals surface area (Å²) >= 11 is 1.57. The van der Waals surface area contributed by atoms with Gasteiger partial charge in [-0.05, 0) is 56.2 Å². The van der Waals surface area contributed by atoms with Crippen molar-refractivity contribution in [3.63, 3.8) is 0 Å². The third kappa shape index (κ3) is 9.75. The number of benzene rings is 2. The molecule has 254 valence electrons. The third-order valence-electron chi connectivity index (χ3n) is 7.76. The van der Waals surface area contributed by atoms with Crippen LogP contribution in [0.1, 0.15) is 56.3 Å². The van der Waals surface area contributed by atoms with Crippen molar-refractivity contribution >= 4 is 33.9 Å². The van der Waals surface area contributed by atoms with E-state index in [-0.39, 0.29) is 12.2 Å². The first kappa shape index (κ1) is 35.8. The molecule has 1 unspecified atom stereocenters. The highest BCUT2D eigenvalue weighted by atomic mass is 32.1. The molecule has 10 nitrogen and oxygen atoms in total. The highest BCUT2D eigenvalue weighted by Crippen LogP contribution is 2.30. The molecule has 1 aliphatic heterocycles. The van der Waals surface area contributed by atoms with Gasteiger partial charge in [-0.1, -0.05) is 49.7 Å². The van der Waals surface area contributed by atoms with Crippen LogP contribution in [-0.4, -0.2) is 88.8 Å². The summed E-state index contributed by atoms with van der Waals surface area (Å²) in [6.07, 6.45) is 3.30. The number of ether oxygens (including phenoxy) is 2. The fourth-order valence-electron chi connectivity index (χ4n) is 5.23. The Bertz CT molecular complexity index is 1550. The summed E-state index contributed by atoms with van der Waals surface area (Å²) in [5.41, 5.74) is 4.63. The Hall–Kier alpha value is -4.01. The van der Waals surface area contributed by atoms with Crippen LogP contribution in [0.15, 0.2) is 54.7 Å². The van der Waals surface area contributed by atoms with Gasteiger partial charge in [-0.2, -0.15) is 18.3 Å². The van der Waals surface area contributed by atoms with E-state index in [9.17, 15) is 18.0 Å². The molecule has 4 aromatic rings. The first-order valence-electron chi connectivity index (χ1n) is 15.6. The zero-order valence-electron chi connectivity index (χ0n) is 26.7. The number of carboxylic acids is 1. The van der Waals surface area contributed by atoms with Crippen LogP contribution in [0.2, 0.25) is 0 Å². The number of nitrogens with zero attached hydrogens (tertiary/aromatic N) is 5. The molecule has 1 N–H and O–H groups in total. The second kappa shape index (κ2) is 16.7. The Morgan fingerprint density at radius 3 is 2.15 bits per heavy atom. The van der Waals surface area contributed by atoms with E-state index in [4.69, 9.17) is 29.5 Å². The van der Waals surface area contributed by atoms with Crippen LogP contribution in [0.3, 0.4) is 0 Å². The van der Waals surface area contributed by atoms with Crippen molar-refractivity contribution in [1.29, 1.82) is 0 Å². The summed E-state index contributed by atoms with van der Waals surface area (Å²) in [5, 5.41) is 12.8. The molecule has 1 aliphatic rings. The average Bonchev–Trinajstić information content (AvgIpc) is 3.65. The van der Waals surface area contributed by atoms with E-state index in [1.165, 1.54) is 31.4 Å². The molecule has 1 saturated heterocycles. The van der Waals surface area contributed by atoms with Crippen LogP contribution in [0.25, 0.3) is 26.8 Å². The molecular weight excluding hydrogens is 635 g/mol. The van der Waals surface area contributed by atoms with Gasteiger partial charge in [0.25, 0.3) is 0 Å². The van der Waals surface area contributed by atoms with E-state index in [1.54, 1.807) is 30.4 Å². The molecule has 0 bridgehead atoms. The molecule has 47 heavy (non-hydrogen) atoms. The number of unbranched alkanes of at least 4 members (excludes halogenated alkanes) is 3. The average molecular weight is 676 g/mol. The van der Waals surface area contributed by atoms with E-state index in [0.29, 0.717) is 12.2 Å². The first-order valence-corrected chi connectivity index (χ1v) is 16.4. The van der Waals surface area contributed by atoms with Crippen molar-refractivity contribution in [2.75, 3.05) is 44.8 Å². The lowest BCUT2D eigenvalue weighted by Gasteiger charge is -2.39. The molecular formula is C33H40F3N5O5S. The predicted octanol–water partition coefficient (Wildman–Crippen LogP) is 7.00. The van der Waals surface area contributed by atoms with E-state index < -0.39 is 12.1 Å². The molecule has 2 aromatic heterocycles. The minimum absolute atomic E-state index is 0.231. The number of carbonyl (C=O) groups is 2. The van der Waals surface area contributed by atoms with Crippen LogP contribution in [0.5, 0.6) is 0 Å². The highest BCUT2D eigenvalue weighted by Gasteiger charge is 2.38. The molecule has 3 heterocycles. The Balaban J connectivity index is 0.000000644. The molecule has 0 aliphatic carbocycles. The number of piperazine rings is 1. The number of aromatic nitrogens is 3. The summed E-state index contributed by atoms with van der Waals surface area (Å²) in [4.78, 5) is 31.4. The van der Waals surface area contributed by atoms with E-state index in [1.807, 2.05) is 30.0 Å². The number of methoxy groups -OCH3 is 1. The standard InChI is InChI=1S/C31H39N5O3S.C2HF3O2/c1-4-6-7-8-9-28(38-3)35-20-18-34(19-21-35)26-16-14-24(15-17-26)29-33-36-22-27(32-31(36)40-29)23-10-12-25(13-11-23)30(37)39-5-2;3-2(4,5)1(6)7/h10-17,22,28H,4-9,18-21H2,1-3H3;(H,6,7). The van der Waals surface area contributed by atoms with Crippen LogP contribution >= 0.6 is 11.3 Å². The number of imidazole rings is 1. The first-order chi connectivity index (χ1) is 22.5. The largest absolute Gasteiger partial charge is 0.490 e. The number of rotatable bonds is 12. The Labute approximate surface area is 275 Å². The van der Waals surface area contributed by atoms with Gasteiger partial charge in [-0.3, -0.25) is 4.90 Å². The maximum absolute atomic E-state index is 11.9. The summed E-state index contributed by atoms with van der Waals surface area (Å²) in [6, 6.07) is 16.0. The Kier molecular flexibility index (Phi) is 12.7. The number of hydrogen-bond acceptors (Lipinski definition) is 9. The zero-order chi connectivity index (χ0) is 34.0. The Morgan fingerprint density at radius 1 is 0.957 bits per heavy atom. The number of carbonyl (C=O) groups excluding carboxylic acids is 1. The van der Waals surface area contributed by atoms with Gasteiger partial charge in [0.15, 0.2) is 0 Å². The van der Waals surface area contributed by atoms with Crippen molar-refractivity contribution < 1.29 is 37.3 Å². The topological polar surface area (TPSA) is 110 Å². The summed E-state index contributed by atoms with van der Waals surface area (Å²) < 4.78 is 44.5. The minimum Gasteiger partial charge on any atom is -0.475 e. The monoisotopic (exact) mass is 675 g/mol. The van der Waals surface area contributed by atoms with Gasteiger partial charge >= 0.3 is 18.1 Å². The second-order valence-electron chi connectivity index (χ2n) is 11.0. The van der Waals surface area contributed by atoms with Crippen molar-refractivity contribution in [2.24, 2.45) is 0 Å². The van der Waals surface area contributed by atoms with Crippen LogP contribution in [-0.2, 0) is 14.3 Å². The van der Waals surface area contributed by atoms with Crippen LogP contribution in [0, 0.1) is 0 Å². The number of aliphatic carboxylic acids is 1. The predicted molar refractivity (Wildman–Crippen MR) is 175 cm³/mol. The zero-order valence-corrected chi connectivity index (χ0v) is 27.5. The number of carboxylic acid groups (broad SMARTS) is 1. The third-order valence-corrected chi connectivity index (χ3v) is 8.73. The SMILES string of the molecule is CCCCCCC(OC)N1CCN(c2ccc(-c3nn4cc(-c5ccc(C(=O)OCC)cc5)nc4s3)cc2)CC1.O=C(O)C(F)(F)F. The molecule has 0 radical (unpaired) electrons. The van der Waals surface area contributed by atoms with Gasteiger partial charge in [0.05, 0.1) is 24.1 Å². The van der Waals surface area contributed by atoms with Gasteiger partial charge in [0.2, 0.25) is 4.96 Å².